The van der Waals surface area contributed by atoms with E-state index in [9.17, 15) is 14.8 Å². The summed E-state index contributed by atoms with van der Waals surface area (Å²) >= 11 is 0. The molecule has 0 saturated carbocycles. The van der Waals surface area contributed by atoms with E-state index < -0.39 is 7.12 Å². The molecule has 0 atom stereocenters. The Morgan fingerprint density at radius 3 is 2.68 bits per heavy atom. The average molecular weight is 297 g/mol. The lowest BCUT2D eigenvalue weighted by Gasteiger charge is -2.17. The van der Waals surface area contributed by atoms with E-state index in [1.165, 1.54) is 0 Å². The van der Waals surface area contributed by atoms with Crippen LogP contribution in [0.25, 0.3) is 0 Å². The van der Waals surface area contributed by atoms with Crippen LogP contribution in [-0.2, 0) is 17.8 Å². The Kier molecular flexibility index (Phi) is 4.13. The Hall–Kier alpha value is -2.31. The Balaban J connectivity index is 1.69. The second-order valence-electron chi connectivity index (χ2n) is 5.20. The van der Waals surface area contributed by atoms with Gasteiger partial charge in [0.15, 0.2) is 0 Å². The summed E-state index contributed by atoms with van der Waals surface area (Å²) in [7, 11) is -1.50. The molecule has 0 unspecified atom stereocenters. The molecule has 1 aliphatic heterocycles. The Bertz CT molecular complexity index is 675. The van der Waals surface area contributed by atoms with E-state index in [0.717, 1.165) is 16.8 Å². The van der Waals surface area contributed by atoms with Gasteiger partial charge >= 0.3 is 13.2 Å². The maximum absolute atomic E-state index is 12.2. The minimum atomic E-state index is -1.50. The number of carbonyl (C=O) groups is 1. The van der Waals surface area contributed by atoms with Crippen molar-refractivity contribution < 1.29 is 19.6 Å². The van der Waals surface area contributed by atoms with Crippen LogP contribution in [0.2, 0.25) is 0 Å². The molecule has 22 heavy (non-hydrogen) atoms. The molecule has 5 nitrogen and oxygen atoms in total. The summed E-state index contributed by atoms with van der Waals surface area (Å²) in [6.07, 6.45) is 0.288. The molecule has 2 aromatic carbocycles. The molecule has 1 heterocycles. The van der Waals surface area contributed by atoms with Crippen LogP contribution in [0.1, 0.15) is 11.1 Å². The Morgan fingerprint density at radius 2 is 1.95 bits per heavy atom. The second kappa shape index (κ2) is 6.21. The summed E-state index contributed by atoms with van der Waals surface area (Å²) in [6, 6.07) is 14.6. The lowest BCUT2D eigenvalue weighted by atomic mass is 9.79. The van der Waals surface area contributed by atoms with Crippen molar-refractivity contribution in [2.24, 2.45) is 0 Å². The first-order valence-corrected chi connectivity index (χ1v) is 7.12. The zero-order valence-electron chi connectivity index (χ0n) is 12.0. The third-order valence-corrected chi connectivity index (χ3v) is 3.72. The summed E-state index contributed by atoms with van der Waals surface area (Å²) in [5.41, 5.74) is 3.05. The molecule has 2 N–H and O–H groups in total. The summed E-state index contributed by atoms with van der Waals surface area (Å²) in [5.74, 6) is 0. The van der Waals surface area contributed by atoms with Gasteiger partial charge in [-0.05, 0) is 29.1 Å². The molecule has 1 amide bonds. The molecule has 0 spiro atoms. The summed E-state index contributed by atoms with van der Waals surface area (Å²) in [4.78, 5) is 13.8. The van der Waals surface area contributed by atoms with E-state index in [0.29, 0.717) is 18.4 Å². The van der Waals surface area contributed by atoms with Gasteiger partial charge in [-0.1, -0.05) is 42.5 Å². The SMILES string of the molecule is O=C(OCc1ccccc1)N1CCc2cc(B(O)O)ccc21. The summed E-state index contributed by atoms with van der Waals surface area (Å²) in [5, 5.41) is 18.4. The summed E-state index contributed by atoms with van der Waals surface area (Å²) in [6.45, 7) is 0.771. The van der Waals surface area contributed by atoms with Crippen molar-refractivity contribution in [3.05, 3.63) is 59.7 Å². The van der Waals surface area contributed by atoms with Gasteiger partial charge in [0.1, 0.15) is 6.61 Å². The van der Waals surface area contributed by atoms with Crippen molar-refractivity contribution in [1.82, 2.24) is 0 Å². The van der Waals surface area contributed by atoms with E-state index in [1.807, 2.05) is 30.3 Å². The number of anilines is 1. The third kappa shape index (κ3) is 2.98. The van der Waals surface area contributed by atoms with Crippen LogP contribution in [0.15, 0.2) is 48.5 Å². The molecule has 0 radical (unpaired) electrons. The van der Waals surface area contributed by atoms with E-state index in [1.54, 1.807) is 23.1 Å². The molecule has 112 valence electrons. The molecular weight excluding hydrogens is 281 g/mol. The number of amides is 1. The van der Waals surface area contributed by atoms with Crippen LogP contribution in [-0.4, -0.2) is 29.8 Å². The normalized spacial score (nSPS) is 12.9. The lowest BCUT2D eigenvalue weighted by Crippen LogP contribution is -2.31. The number of fused-ring (bicyclic) bond motifs is 1. The lowest BCUT2D eigenvalue weighted by molar-refractivity contribution is 0.147. The van der Waals surface area contributed by atoms with E-state index in [4.69, 9.17) is 4.74 Å². The molecule has 6 heteroatoms. The van der Waals surface area contributed by atoms with Gasteiger partial charge in [-0.3, -0.25) is 4.90 Å². The highest BCUT2D eigenvalue weighted by Gasteiger charge is 2.27. The highest BCUT2D eigenvalue weighted by atomic mass is 16.6. The molecule has 1 aliphatic rings. The topological polar surface area (TPSA) is 70.0 Å². The van der Waals surface area contributed by atoms with Crippen molar-refractivity contribution in [3.8, 4) is 0 Å². The van der Waals surface area contributed by atoms with Gasteiger partial charge < -0.3 is 14.8 Å². The zero-order valence-corrected chi connectivity index (χ0v) is 12.0. The fourth-order valence-corrected chi connectivity index (χ4v) is 2.57. The van der Waals surface area contributed by atoms with E-state index in [-0.39, 0.29) is 12.7 Å². The van der Waals surface area contributed by atoms with E-state index >= 15 is 0 Å². The highest BCUT2D eigenvalue weighted by Crippen LogP contribution is 2.27. The van der Waals surface area contributed by atoms with Crippen LogP contribution in [0, 0.1) is 0 Å². The molecule has 0 aliphatic carbocycles. The quantitative estimate of drug-likeness (QED) is 0.831. The van der Waals surface area contributed by atoms with Gasteiger partial charge in [0.05, 0.1) is 5.69 Å². The summed E-state index contributed by atoms with van der Waals surface area (Å²) < 4.78 is 5.33. The molecule has 0 bridgehead atoms. The van der Waals surface area contributed by atoms with E-state index in [2.05, 4.69) is 0 Å². The van der Waals surface area contributed by atoms with Gasteiger partial charge in [0.25, 0.3) is 0 Å². The first kappa shape index (κ1) is 14.6. The number of benzene rings is 2. The predicted octanol–water partition coefficient (Wildman–Crippen LogP) is 1.07. The van der Waals surface area contributed by atoms with Crippen LogP contribution < -0.4 is 10.4 Å². The van der Waals surface area contributed by atoms with Gasteiger partial charge in [0.2, 0.25) is 0 Å². The highest BCUT2D eigenvalue weighted by molar-refractivity contribution is 6.58. The van der Waals surface area contributed by atoms with Crippen molar-refractivity contribution >= 4 is 24.4 Å². The first-order valence-electron chi connectivity index (χ1n) is 7.12. The smallest absolute Gasteiger partial charge is 0.444 e. The van der Waals surface area contributed by atoms with Crippen LogP contribution in [0.4, 0.5) is 10.5 Å². The Labute approximate surface area is 128 Å². The monoisotopic (exact) mass is 297 g/mol. The second-order valence-corrected chi connectivity index (χ2v) is 5.20. The Morgan fingerprint density at radius 1 is 1.18 bits per heavy atom. The fraction of sp³-hybridized carbons (Fsp3) is 0.188. The van der Waals surface area contributed by atoms with Crippen LogP contribution in [0.3, 0.4) is 0 Å². The molecule has 0 fully saturated rings. The minimum Gasteiger partial charge on any atom is -0.444 e. The van der Waals surface area contributed by atoms with Crippen LogP contribution in [0.5, 0.6) is 0 Å². The molecule has 3 rings (SSSR count). The average Bonchev–Trinajstić information content (AvgIpc) is 2.96. The number of hydrogen-bond acceptors (Lipinski definition) is 4. The molecule has 0 saturated heterocycles. The molecule has 2 aromatic rings. The van der Waals surface area contributed by atoms with Gasteiger partial charge in [-0.2, -0.15) is 0 Å². The largest absolute Gasteiger partial charge is 0.488 e. The molecule has 0 aromatic heterocycles. The number of carbonyl (C=O) groups excluding carboxylic acids is 1. The van der Waals surface area contributed by atoms with Crippen molar-refractivity contribution in [2.45, 2.75) is 13.0 Å². The number of ether oxygens (including phenoxy) is 1. The fourth-order valence-electron chi connectivity index (χ4n) is 2.57. The van der Waals surface area contributed by atoms with Gasteiger partial charge in [0, 0.05) is 6.54 Å². The number of hydrogen-bond donors (Lipinski definition) is 2. The van der Waals surface area contributed by atoms with Crippen LogP contribution >= 0.6 is 0 Å². The first-order chi connectivity index (χ1) is 10.6. The number of nitrogens with zero attached hydrogens (tertiary/aromatic N) is 1. The minimum absolute atomic E-state index is 0.235. The predicted molar refractivity (Wildman–Crippen MR) is 83.9 cm³/mol. The third-order valence-electron chi connectivity index (χ3n) is 3.72. The maximum Gasteiger partial charge on any atom is 0.488 e. The standard InChI is InChI=1S/C16H16BNO4/c19-16(22-11-12-4-2-1-3-5-12)18-9-8-13-10-14(17(20)21)6-7-15(13)18/h1-7,10,20-21H,8-9,11H2. The van der Waals surface area contributed by atoms with Crippen molar-refractivity contribution in [1.29, 1.82) is 0 Å². The van der Waals surface area contributed by atoms with Gasteiger partial charge in [-0.25, -0.2) is 4.79 Å². The zero-order chi connectivity index (χ0) is 15.5. The van der Waals surface area contributed by atoms with Crippen molar-refractivity contribution in [3.63, 3.8) is 0 Å². The molecular formula is C16H16BNO4. The van der Waals surface area contributed by atoms with Gasteiger partial charge in [-0.15, -0.1) is 0 Å². The maximum atomic E-state index is 12.2. The van der Waals surface area contributed by atoms with Crippen molar-refractivity contribution in [2.75, 3.05) is 11.4 Å². The number of rotatable bonds is 3.